The van der Waals surface area contributed by atoms with Crippen molar-refractivity contribution in [2.45, 2.75) is 74.1 Å². The third-order valence-electron chi connectivity index (χ3n) is 5.10. The molecule has 0 spiro atoms. The summed E-state index contributed by atoms with van der Waals surface area (Å²) in [5.74, 6) is 4.38. The second-order valence-corrected chi connectivity index (χ2v) is 9.08. The van der Waals surface area contributed by atoms with E-state index in [9.17, 15) is 0 Å². The van der Waals surface area contributed by atoms with Gasteiger partial charge in [0.2, 0.25) is 0 Å². The fraction of sp³-hybridized carbons (Fsp3) is 1.00. The Hall–Kier alpha value is -0.0400. The van der Waals surface area contributed by atoms with E-state index in [2.05, 4.69) is 53.8 Å². The SMILES string of the molecule is CC(C)CNCC1CCC(C(C)(C)C)CC1CC(C)C. The van der Waals surface area contributed by atoms with Crippen LogP contribution in [-0.2, 0) is 0 Å². The molecule has 0 bridgehead atoms. The maximum Gasteiger partial charge on any atom is -0.00178 e. The third-order valence-corrected chi connectivity index (χ3v) is 5.10. The minimum absolute atomic E-state index is 0.492. The molecule has 0 radical (unpaired) electrons. The van der Waals surface area contributed by atoms with E-state index in [1.165, 1.54) is 38.8 Å². The summed E-state index contributed by atoms with van der Waals surface area (Å²) in [5.41, 5.74) is 0.492. The predicted octanol–water partition coefficient (Wildman–Crippen LogP) is 5.36. The summed E-state index contributed by atoms with van der Waals surface area (Å²) in [5, 5.41) is 3.71. The van der Waals surface area contributed by atoms with Crippen molar-refractivity contribution in [2.24, 2.45) is 35.0 Å². The van der Waals surface area contributed by atoms with Gasteiger partial charge in [-0.1, -0.05) is 48.5 Å². The number of hydrogen-bond acceptors (Lipinski definition) is 1. The monoisotopic (exact) mass is 281 g/mol. The Balaban J connectivity index is 2.55. The smallest absolute Gasteiger partial charge is 0.00178 e. The summed E-state index contributed by atoms with van der Waals surface area (Å²) in [6.45, 7) is 19.1. The molecule has 0 aliphatic heterocycles. The van der Waals surface area contributed by atoms with Crippen LogP contribution in [0.3, 0.4) is 0 Å². The Morgan fingerprint density at radius 1 is 0.950 bits per heavy atom. The molecule has 1 nitrogen and oxygen atoms in total. The van der Waals surface area contributed by atoms with Gasteiger partial charge in [-0.05, 0) is 73.8 Å². The molecule has 1 rings (SSSR count). The van der Waals surface area contributed by atoms with Crippen molar-refractivity contribution >= 4 is 0 Å². The molecule has 0 aromatic heterocycles. The topological polar surface area (TPSA) is 12.0 Å². The first-order chi connectivity index (χ1) is 9.20. The Morgan fingerprint density at radius 2 is 1.60 bits per heavy atom. The molecule has 3 atom stereocenters. The van der Waals surface area contributed by atoms with Crippen LogP contribution in [0.1, 0.15) is 74.1 Å². The minimum atomic E-state index is 0.492. The lowest BCUT2D eigenvalue weighted by Crippen LogP contribution is -2.38. The van der Waals surface area contributed by atoms with Gasteiger partial charge in [0.05, 0.1) is 0 Å². The number of rotatable bonds is 6. The van der Waals surface area contributed by atoms with Gasteiger partial charge in [-0.3, -0.25) is 0 Å². The summed E-state index contributed by atoms with van der Waals surface area (Å²) in [7, 11) is 0. The standard InChI is InChI=1S/C19H39N/c1-14(2)10-17-11-18(19(5,6)7)9-8-16(17)13-20-12-15(3)4/h14-18,20H,8-13H2,1-7H3. The first-order valence-corrected chi connectivity index (χ1v) is 8.90. The first kappa shape index (κ1) is 18.0. The summed E-state index contributed by atoms with van der Waals surface area (Å²) < 4.78 is 0. The fourth-order valence-corrected chi connectivity index (χ4v) is 3.83. The van der Waals surface area contributed by atoms with Crippen LogP contribution in [0.4, 0.5) is 0 Å². The van der Waals surface area contributed by atoms with Crippen molar-refractivity contribution in [1.29, 1.82) is 0 Å². The third kappa shape index (κ3) is 6.16. The van der Waals surface area contributed by atoms with Gasteiger partial charge in [0.25, 0.3) is 0 Å². The highest BCUT2D eigenvalue weighted by atomic mass is 14.9. The lowest BCUT2D eigenvalue weighted by Gasteiger charge is -2.42. The maximum atomic E-state index is 3.71. The zero-order valence-electron chi connectivity index (χ0n) is 15.1. The highest BCUT2D eigenvalue weighted by molar-refractivity contribution is 4.87. The van der Waals surface area contributed by atoms with Crippen LogP contribution in [0.15, 0.2) is 0 Å². The van der Waals surface area contributed by atoms with Gasteiger partial charge in [-0.15, -0.1) is 0 Å². The van der Waals surface area contributed by atoms with Gasteiger partial charge in [0.15, 0.2) is 0 Å². The lowest BCUT2D eigenvalue weighted by molar-refractivity contribution is 0.0854. The Morgan fingerprint density at radius 3 is 2.10 bits per heavy atom. The van der Waals surface area contributed by atoms with E-state index in [1.54, 1.807) is 0 Å². The Bertz CT molecular complexity index is 261. The normalized spacial score (nSPS) is 28.4. The molecule has 0 aromatic carbocycles. The molecule has 1 aliphatic carbocycles. The van der Waals surface area contributed by atoms with Crippen LogP contribution in [-0.4, -0.2) is 13.1 Å². The van der Waals surface area contributed by atoms with Gasteiger partial charge in [0.1, 0.15) is 0 Å². The molecular weight excluding hydrogens is 242 g/mol. The van der Waals surface area contributed by atoms with E-state index >= 15 is 0 Å². The molecule has 0 amide bonds. The molecule has 120 valence electrons. The molecule has 1 heteroatoms. The van der Waals surface area contributed by atoms with Gasteiger partial charge >= 0.3 is 0 Å². The first-order valence-electron chi connectivity index (χ1n) is 8.90. The molecule has 1 N–H and O–H groups in total. The highest BCUT2D eigenvalue weighted by Crippen LogP contribution is 2.44. The highest BCUT2D eigenvalue weighted by Gasteiger charge is 2.35. The largest absolute Gasteiger partial charge is 0.316 e. The number of nitrogens with one attached hydrogen (secondary N) is 1. The molecule has 0 heterocycles. The molecular formula is C19H39N. The lowest BCUT2D eigenvalue weighted by atomic mass is 9.64. The average Bonchev–Trinajstić information content (AvgIpc) is 2.28. The van der Waals surface area contributed by atoms with E-state index in [1.807, 2.05) is 0 Å². The zero-order chi connectivity index (χ0) is 15.3. The van der Waals surface area contributed by atoms with E-state index in [4.69, 9.17) is 0 Å². The van der Waals surface area contributed by atoms with Crippen molar-refractivity contribution in [3.8, 4) is 0 Å². The molecule has 3 unspecified atom stereocenters. The molecule has 1 saturated carbocycles. The van der Waals surface area contributed by atoms with E-state index in [-0.39, 0.29) is 0 Å². The molecule has 0 aromatic rings. The predicted molar refractivity (Wildman–Crippen MR) is 90.9 cm³/mol. The van der Waals surface area contributed by atoms with E-state index < -0.39 is 0 Å². The molecule has 1 fully saturated rings. The van der Waals surface area contributed by atoms with Gasteiger partial charge in [0, 0.05) is 0 Å². The Labute approximate surface area is 128 Å². The van der Waals surface area contributed by atoms with Crippen LogP contribution in [0, 0.1) is 35.0 Å². The van der Waals surface area contributed by atoms with Crippen LogP contribution in [0.2, 0.25) is 0 Å². The van der Waals surface area contributed by atoms with Gasteiger partial charge in [-0.25, -0.2) is 0 Å². The second-order valence-electron chi connectivity index (χ2n) is 9.08. The molecule has 0 saturated heterocycles. The summed E-state index contributed by atoms with van der Waals surface area (Å²) in [6, 6.07) is 0. The summed E-state index contributed by atoms with van der Waals surface area (Å²) >= 11 is 0. The summed E-state index contributed by atoms with van der Waals surface area (Å²) in [6.07, 6.45) is 5.74. The Kier molecular flexibility index (Phi) is 7.04. The van der Waals surface area contributed by atoms with Crippen LogP contribution in [0.25, 0.3) is 0 Å². The average molecular weight is 282 g/mol. The fourth-order valence-electron chi connectivity index (χ4n) is 3.83. The maximum absolute atomic E-state index is 3.71. The minimum Gasteiger partial charge on any atom is -0.316 e. The van der Waals surface area contributed by atoms with E-state index in [0.29, 0.717) is 5.41 Å². The molecule has 20 heavy (non-hydrogen) atoms. The molecule has 1 aliphatic rings. The van der Waals surface area contributed by atoms with Crippen molar-refractivity contribution < 1.29 is 0 Å². The van der Waals surface area contributed by atoms with Gasteiger partial charge < -0.3 is 5.32 Å². The van der Waals surface area contributed by atoms with Crippen LogP contribution >= 0.6 is 0 Å². The van der Waals surface area contributed by atoms with Gasteiger partial charge in [-0.2, -0.15) is 0 Å². The number of hydrogen-bond donors (Lipinski definition) is 1. The van der Waals surface area contributed by atoms with E-state index in [0.717, 1.165) is 29.6 Å². The second kappa shape index (κ2) is 7.82. The summed E-state index contributed by atoms with van der Waals surface area (Å²) in [4.78, 5) is 0. The van der Waals surface area contributed by atoms with Crippen LogP contribution < -0.4 is 5.32 Å². The quantitative estimate of drug-likeness (QED) is 0.691. The van der Waals surface area contributed by atoms with Crippen molar-refractivity contribution in [3.05, 3.63) is 0 Å². The van der Waals surface area contributed by atoms with Crippen molar-refractivity contribution in [2.75, 3.05) is 13.1 Å². The van der Waals surface area contributed by atoms with Crippen molar-refractivity contribution in [3.63, 3.8) is 0 Å². The van der Waals surface area contributed by atoms with Crippen molar-refractivity contribution in [1.82, 2.24) is 5.32 Å². The van der Waals surface area contributed by atoms with Crippen LogP contribution in [0.5, 0.6) is 0 Å². The zero-order valence-corrected chi connectivity index (χ0v) is 15.1.